The Morgan fingerprint density at radius 1 is 1.56 bits per heavy atom. The van der Waals surface area contributed by atoms with Crippen molar-refractivity contribution in [3.8, 4) is 0 Å². The van der Waals surface area contributed by atoms with E-state index in [0.29, 0.717) is 6.10 Å². The van der Waals surface area contributed by atoms with Gasteiger partial charge >= 0.3 is 0 Å². The van der Waals surface area contributed by atoms with E-state index >= 15 is 0 Å². The molecular formula is C6H12N2O. The first-order valence-corrected chi connectivity index (χ1v) is 3.44. The van der Waals surface area contributed by atoms with Gasteiger partial charge in [0.2, 0.25) is 0 Å². The average Bonchev–Trinajstić information content (AvgIpc) is 2.09. The van der Waals surface area contributed by atoms with Crippen molar-refractivity contribution in [2.75, 3.05) is 19.6 Å². The predicted molar refractivity (Wildman–Crippen MR) is 34.2 cm³/mol. The van der Waals surface area contributed by atoms with E-state index in [0.717, 1.165) is 19.6 Å². The lowest BCUT2D eigenvalue weighted by Gasteiger charge is -2.38. The summed E-state index contributed by atoms with van der Waals surface area (Å²) in [5.74, 6) is 0. The molecule has 0 aromatic rings. The number of nitrogens with one attached hydrogen (secondary N) is 2. The van der Waals surface area contributed by atoms with Gasteiger partial charge < -0.3 is 10.1 Å². The van der Waals surface area contributed by atoms with E-state index in [1.165, 1.54) is 0 Å². The van der Waals surface area contributed by atoms with Gasteiger partial charge in [0.15, 0.2) is 0 Å². The van der Waals surface area contributed by atoms with Crippen molar-refractivity contribution in [3.05, 3.63) is 0 Å². The van der Waals surface area contributed by atoms with Crippen LogP contribution < -0.4 is 10.6 Å². The normalized spacial score (nSPS) is 39.0. The first-order chi connectivity index (χ1) is 4.31. The molecule has 1 unspecified atom stereocenters. The highest BCUT2D eigenvalue weighted by Gasteiger charge is 2.43. The van der Waals surface area contributed by atoms with E-state index < -0.39 is 0 Å². The fraction of sp³-hybridized carbons (Fsp3) is 1.00. The molecule has 52 valence electrons. The number of hydrogen-bond acceptors (Lipinski definition) is 3. The zero-order chi connectivity index (χ0) is 6.32. The maximum absolute atomic E-state index is 5.61. The van der Waals surface area contributed by atoms with E-state index in [2.05, 4.69) is 17.6 Å². The Morgan fingerprint density at radius 3 is 2.56 bits per heavy atom. The standard InChI is InChI=1S/C6H12N2O/c1-5-2-8-6(9-5)3-7-4-6/h5,7-8H,2-4H2,1H3. The summed E-state index contributed by atoms with van der Waals surface area (Å²) in [7, 11) is 0. The zero-order valence-electron chi connectivity index (χ0n) is 5.61. The van der Waals surface area contributed by atoms with Crippen molar-refractivity contribution in [3.63, 3.8) is 0 Å². The molecule has 2 heterocycles. The molecule has 2 fully saturated rings. The van der Waals surface area contributed by atoms with Crippen molar-refractivity contribution in [1.82, 2.24) is 10.6 Å². The third-order valence-electron chi connectivity index (χ3n) is 1.96. The molecule has 3 nitrogen and oxygen atoms in total. The van der Waals surface area contributed by atoms with Crippen LogP contribution in [0.15, 0.2) is 0 Å². The summed E-state index contributed by atoms with van der Waals surface area (Å²) in [5.41, 5.74) is 0.0272. The Balaban J connectivity index is 1.99. The summed E-state index contributed by atoms with van der Waals surface area (Å²) in [5, 5.41) is 6.51. The molecule has 2 aliphatic heterocycles. The summed E-state index contributed by atoms with van der Waals surface area (Å²) in [6.07, 6.45) is 0.395. The lowest BCUT2D eigenvalue weighted by molar-refractivity contribution is -0.0778. The Morgan fingerprint density at radius 2 is 2.33 bits per heavy atom. The van der Waals surface area contributed by atoms with E-state index in [9.17, 15) is 0 Å². The van der Waals surface area contributed by atoms with Crippen molar-refractivity contribution in [1.29, 1.82) is 0 Å². The lowest BCUT2D eigenvalue weighted by atomic mass is 10.1. The van der Waals surface area contributed by atoms with E-state index in [4.69, 9.17) is 4.74 Å². The predicted octanol–water partition coefficient (Wildman–Crippen LogP) is -0.706. The number of ether oxygens (including phenoxy) is 1. The molecule has 0 aromatic heterocycles. The summed E-state index contributed by atoms with van der Waals surface area (Å²) in [6, 6.07) is 0. The lowest BCUT2D eigenvalue weighted by Crippen LogP contribution is -2.66. The zero-order valence-corrected chi connectivity index (χ0v) is 5.61. The minimum absolute atomic E-state index is 0.0272. The summed E-state index contributed by atoms with van der Waals surface area (Å²) < 4.78 is 5.61. The third-order valence-corrected chi connectivity index (χ3v) is 1.96. The Bertz CT molecular complexity index is 122. The van der Waals surface area contributed by atoms with Crippen LogP contribution in [0.5, 0.6) is 0 Å². The maximum atomic E-state index is 5.61. The molecule has 2 saturated heterocycles. The fourth-order valence-electron chi connectivity index (χ4n) is 1.36. The molecule has 1 spiro atoms. The van der Waals surface area contributed by atoms with Crippen LogP contribution in [0.25, 0.3) is 0 Å². The van der Waals surface area contributed by atoms with Crippen LogP contribution in [0.3, 0.4) is 0 Å². The van der Waals surface area contributed by atoms with Gasteiger partial charge in [0, 0.05) is 19.6 Å². The minimum Gasteiger partial charge on any atom is -0.354 e. The second-order valence-corrected chi connectivity index (χ2v) is 2.91. The van der Waals surface area contributed by atoms with E-state index in [1.807, 2.05) is 0 Å². The van der Waals surface area contributed by atoms with Gasteiger partial charge in [-0.1, -0.05) is 0 Å². The largest absolute Gasteiger partial charge is 0.354 e. The van der Waals surface area contributed by atoms with Crippen molar-refractivity contribution < 1.29 is 4.74 Å². The number of hydrogen-bond donors (Lipinski definition) is 2. The highest BCUT2D eigenvalue weighted by molar-refractivity contribution is 4.96. The molecule has 0 bridgehead atoms. The quantitative estimate of drug-likeness (QED) is 0.452. The summed E-state index contributed by atoms with van der Waals surface area (Å²) in [4.78, 5) is 0. The average molecular weight is 128 g/mol. The molecule has 2 aliphatic rings. The van der Waals surface area contributed by atoms with Gasteiger partial charge in [-0.15, -0.1) is 0 Å². The molecule has 3 heteroatoms. The number of rotatable bonds is 0. The molecule has 0 saturated carbocycles. The highest BCUT2D eigenvalue weighted by atomic mass is 16.5. The van der Waals surface area contributed by atoms with Crippen molar-refractivity contribution in [2.24, 2.45) is 0 Å². The molecule has 0 aromatic carbocycles. The van der Waals surface area contributed by atoms with Crippen LogP contribution in [-0.2, 0) is 4.74 Å². The van der Waals surface area contributed by atoms with Gasteiger partial charge in [-0.3, -0.25) is 5.32 Å². The van der Waals surface area contributed by atoms with Crippen LogP contribution in [0, 0.1) is 0 Å². The van der Waals surface area contributed by atoms with Gasteiger partial charge in [0.1, 0.15) is 5.72 Å². The molecule has 1 atom stereocenters. The first kappa shape index (κ1) is 5.65. The Kier molecular flexibility index (Phi) is 1.06. The fourth-order valence-corrected chi connectivity index (χ4v) is 1.36. The maximum Gasteiger partial charge on any atom is 0.144 e. The first-order valence-electron chi connectivity index (χ1n) is 3.44. The molecule has 2 N–H and O–H groups in total. The van der Waals surface area contributed by atoms with Gasteiger partial charge in [0.25, 0.3) is 0 Å². The minimum atomic E-state index is 0.0272. The van der Waals surface area contributed by atoms with Crippen molar-refractivity contribution >= 4 is 0 Å². The Labute approximate surface area is 54.8 Å². The highest BCUT2D eigenvalue weighted by Crippen LogP contribution is 2.20. The van der Waals surface area contributed by atoms with Crippen LogP contribution in [0.2, 0.25) is 0 Å². The van der Waals surface area contributed by atoms with Crippen LogP contribution in [-0.4, -0.2) is 31.5 Å². The molecule has 2 rings (SSSR count). The molecular weight excluding hydrogens is 116 g/mol. The molecule has 0 amide bonds. The molecule has 0 radical (unpaired) electrons. The third kappa shape index (κ3) is 0.764. The van der Waals surface area contributed by atoms with Crippen LogP contribution >= 0.6 is 0 Å². The van der Waals surface area contributed by atoms with Crippen LogP contribution in [0.4, 0.5) is 0 Å². The molecule has 0 aliphatic carbocycles. The topological polar surface area (TPSA) is 33.3 Å². The van der Waals surface area contributed by atoms with Gasteiger partial charge in [0.05, 0.1) is 6.10 Å². The monoisotopic (exact) mass is 128 g/mol. The Hall–Kier alpha value is -0.120. The smallest absolute Gasteiger partial charge is 0.144 e. The van der Waals surface area contributed by atoms with E-state index in [1.54, 1.807) is 0 Å². The van der Waals surface area contributed by atoms with Crippen LogP contribution in [0.1, 0.15) is 6.92 Å². The van der Waals surface area contributed by atoms with Gasteiger partial charge in [-0.2, -0.15) is 0 Å². The van der Waals surface area contributed by atoms with E-state index in [-0.39, 0.29) is 5.72 Å². The second kappa shape index (κ2) is 1.68. The molecule has 9 heavy (non-hydrogen) atoms. The van der Waals surface area contributed by atoms with Gasteiger partial charge in [-0.25, -0.2) is 0 Å². The summed E-state index contributed by atoms with van der Waals surface area (Å²) >= 11 is 0. The second-order valence-electron chi connectivity index (χ2n) is 2.91. The van der Waals surface area contributed by atoms with Crippen molar-refractivity contribution in [2.45, 2.75) is 18.8 Å². The SMILES string of the molecule is CC1CNC2(CNC2)O1. The van der Waals surface area contributed by atoms with Gasteiger partial charge in [-0.05, 0) is 6.92 Å². The summed E-state index contributed by atoms with van der Waals surface area (Å²) in [6.45, 7) is 5.04.